The van der Waals surface area contributed by atoms with Crippen LogP contribution in [0.4, 0.5) is 5.69 Å². The second kappa shape index (κ2) is 5.35. The third-order valence-corrected chi connectivity index (χ3v) is 2.55. The molecule has 0 amide bonds. The van der Waals surface area contributed by atoms with E-state index >= 15 is 0 Å². The van der Waals surface area contributed by atoms with Gasteiger partial charge in [-0.1, -0.05) is 17.7 Å². The molecule has 2 aromatic rings. The predicted molar refractivity (Wildman–Crippen MR) is 71.5 cm³/mol. The van der Waals surface area contributed by atoms with Gasteiger partial charge in [0, 0.05) is 16.8 Å². The summed E-state index contributed by atoms with van der Waals surface area (Å²) >= 11 is 5.83. The fourth-order valence-electron chi connectivity index (χ4n) is 1.43. The van der Waals surface area contributed by atoms with Gasteiger partial charge in [-0.25, -0.2) is 0 Å². The number of hydrogen-bond acceptors (Lipinski definition) is 3. The van der Waals surface area contributed by atoms with Crippen molar-refractivity contribution >= 4 is 23.5 Å². The first-order chi connectivity index (χ1) is 8.69. The summed E-state index contributed by atoms with van der Waals surface area (Å²) in [5.41, 5.74) is 1.72. The highest BCUT2D eigenvalue weighted by atomic mass is 35.5. The third kappa shape index (κ3) is 2.88. The number of rotatable bonds is 2. The van der Waals surface area contributed by atoms with Crippen molar-refractivity contribution in [3.8, 4) is 11.8 Å². The summed E-state index contributed by atoms with van der Waals surface area (Å²) in [6.07, 6.45) is 1.51. The molecule has 0 fully saturated rings. The van der Waals surface area contributed by atoms with Crippen LogP contribution in [0.15, 0.2) is 47.5 Å². The number of nitriles is 1. The zero-order valence-electron chi connectivity index (χ0n) is 9.34. The lowest BCUT2D eigenvalue weighted by Gasteiger charge is -1.99. The minimum atomic E-state index is 0.111. The molecular weight excluding hydrogens is 248 g/mol. The summed E-state index contributed by atoms with van der Waals surface area (Å²) in [4.78, 5) is 4.19. The van der Waals surface area contributed by atoms with E-state index in [-0.39, 0.29) is 5.75 Å². The van der Waals surface area contributed by atoms with Crippen LogP contribution in [0.5, 0.6) is 5.75 Å². The number of aromatic hydroxyl groups is 1. The molecule has 88 valence electrons. The number of hydrogen-bond donors (Lipinski definition) is 1. The minimum absolute atomic E-state index is 0.111. The Balaban J connectivity index is 2.30. The zero-order chi connectivity index (χ0) is 13.0. The van der Waals surface area contributed by atoms with Crippen LogP contribution in [-0.4, -0.2) is 11.3 Å². The molecule has 0 atom stereocenters. The number of nitrogens with zero attached hydrogens (tertiary/aromatic N) is 2. The fraction of sp³-hybridized carbons (Fsp3) is 0. The molecule has 18 heavy (non-hydrogen) atoms. The minimum Gasteiger partial charge on any atom is -0.507 e. The molecule has 0 heterocycles. The molecule has 2 aromatic carbocycles. The third-order valence-electron chi connectivity index (χ3n) is 2.32. The van der Waals surface area contributed by atoms with E-state index in [2.05, 4.69) is 4.99 Å². The van der Waals surface area contributed by atoms with Crippen molar-refractivity contribution in [2.24, 2.45) is 4.99 Å². The molecule has 0 spiro atoms. The van der Waals surface area contributed by atoms with Gasteiger partial charge in [0.25, 0.3) is 0 Å². The van der Waals surface area contributed by atoms with Crippen LogP contribution in [0, 0.1) is 11.3 Å². The normalized spacial score (nSPS) is 10.4. The van der Waals surface area contributed by atoms with E-state index in [1.807, 2.05) is 6.07 Å². The van der Waals surface area contributed by atoms with Gasteiger partial charge in [-0.2, -0.15) is 5.26 Å². The number of phenolic OH excluding ortho intramolecular Hbond substituents is 1. The van der Waals surface area contributed by atoms with Gasteiger partial charge in [-0.15, -0.1) is 0 Å². The predicted octanol–water partition coefficient (Wildman–Crippen LogP) is 3.67. The van der Waals surface area contributed by atoms with Gasteiger partial charge in [0.2, 0.25) is 0 Å². The molecule has 0 aliphatic rings. The highest BCUT2D eigenvalue weighted by molar-refractivity contribution is 6.30. The summed E-state index contributed by atoms with van der Waals surface area (Å²) in [5.74, 6) is 0.111. The van der Waals surface area contributed by atoms with E-state index in [4.69, 9.17) is 16.9 Å². The second-order valence-corrected chi connectivity index (χ2v) is 4.06. The maximum atomic E-state index is 9.61. The van der Waals surface area contributed by atoms with Gasteiger partial charge in [0.15, 0.2) is 0 Å². The lowest BCUT2D eigenvalue weighted by molar-refractivity contribution is 0.474. The maximum absolute atomic E-state index is 9.61. The average Bonchev–Trinajstić information content (AvgIpc) is 2.40. The van der Waals surface area contributed by atoms with Gasteiger partial charge in [-0.05, 0) is 36.4 Å². The first-order valence-corrected chi connectivity index (χ1v) is 5.59. The van der Waals surface area contributed by atoms with Gasteiger partial charge in [-0.3, -0.25) is 4.99 Å². The van der Waals surface area contributed by atoms with Gasteiger partial charge in [0.1, 0.15) is 5.75 Å². The Bertz CT molecular complexity index is 644. The number of benzene rings is 2. The molecule has 0 aromatic heterocycles. The average molecular weight is 257 g/mol. The summed E-state index contributed by atoms with van der Waals surface area (Å²) < 4.78 is 0. The Morgan fingerprint density at radius 1 is 1.22 bits per heavy atom. The quantitative estimate of drug-likeness (QED) is 0.834. The first-order valence-electron chi connectivity index (χ1n) is 5.22. The Morgan fingerprint density at radius 3 is 2.83 bits per heavy atom. The molecule has 0 saturated carbocycles. The SMILES string of the molecule is N#Cc1cccc(N=Cc2cc(Cl)ccc2O)c1. The molecule has 3 nitrogen and oxygen atoms in total. The molecule has 1 N–H and O–H groups in total. The standard InChI is InChI=1S/C14H9ClN2O/c15-12-4-5-14(18)11(7-12)9-17-13-3-1-2-10(6-13)8-16/h1-7,9,18H. The number of aliphatic imine (C=N–C) groups is 1. The van der Waals surface area contributed by atoms with Crippen LogP contribution in [-0.2, 0) is 0 Å². The second-order valence-electron chi connectivity index (χ2n) is 3.62. The topological polar surface area (TPSA) is 56.4 Å². The van der Waals surface area contributed by atoms with Crippen LogP contribution >= 0.6 is 11.6 Å². The van der Waals surface area contributed by atoms with Crippen LogP contribution in [0.2, 0.25) is 5.02 Å². The molecule has 0 unspecified atom stereocenters. The Labute approximate surface area is 110 Å². The van der Waals surface area contributed by atoms with E-state index in [1.54, 1.807) is 36.4 Å². The lowest BCUT2D eigenvalue weighted by Crippen LogP contribution is -1.82. The molecule has 0 saturated heterocycles. The largest absolute Gasteiger partial charge is 0.507 e. The van der Waals surface area contributed by atoms with Crippen LogP contribution in [0.25, 0.3) is 0 Å². The van der Waals surface area contributed by atoms with E-state index < -0.39 is 0 Å². The van der Waals surface area contributed by atoms with Crippen molar-refractivity contribution < 1.29 is 5.11 Å². The number of phenols is 1. The van der Waals surface area contributed by atoms with Crippen LogP contribution < -0.4 is 0 Å². The molecule has 0 bridgehead atoms. The van der Waals surface area contributed by atoms with Crippen molar-refractivity contribution in [2.45, 2.75) is 0 Å². The van der Waals surface area contributed by atoms with Gasteiger partial charge in [0.05, 0.1) is 17.3 Å². The zero-order valence-corrected chi connectivity index (χ0v) is 10.1. The smallest absolute Gasteiger partial charge is 0.124 e. The van der Waals surface area contributed by atoms with Crippen molar-refractivity contribution in [3.63, 3.8) is 0 Å². The molecular formula is C14H9ClN2O. The lowest BCUT2D eigenvalue weighted by atomic mass is 10.2. The molecule has 4 heteroatoms. The highest BCUT2D eigenvalue weighted by Gasteiger charge is 1.99. The fourth-order valence-corrected chi connectivity index (χ4v) is 1.61. The Morgan fingerprint density at radius 2 is 2.06 bits per heavy atom. The van der Waals surface area contributed by atoms with Crippen molar-refractivity contribution in [1.82, 2.24) is 0 Å². The summed E-state index contributed by atoms with van der Waals surface area (Å²) in [6, 6.07) is 13.7. The monoisotopic (exact) mass is 256 g/mol. The van der Waals surface area contributed by atoms with E-state index in [0.717, 1.165) is 0 Å². The molecule has 0 radical (unpaired) electrons. The molecule has 0 aliphatic carbocycles. The van der Waals surface area contributed by atoms with Crippen molar-refractivity contribution in [2.75, 3.05) is 0 Å². The molecule has 2 rings (SSSR count). The van der Waals surface area contributed by atoms with Crippen LogP contribution in [0.3, 0.4) is 0 Å². The van der Waals surface area contributed by atoms with E-state index in [1.165, 1.54) is 12.3 Å². The van der Waals surface area contributed by atoms with E-state index in [9.17, 15) is 5.11 Å². The van der Waals surface area contributed by atoms with Gasteiger partial charge >= 0.3 is 0 Å². The van der Waals surface area contributed by atoms with Crippen molar-refractivity contribution in [1.29, 1.82) is 5.26 Å². The first kappa shape index (κ1) is 12.2. The van der Waals surface area contributed by atoms with E-state index in [0.29, 0.717) is 21.8 Å². The summed E-state index contributed by atoms with van der Waals surface area (Å²) in [7, 11) is 0. The Hall–Kier alpha value is -2.31. The van der Waals surface area contributed by atoms with Gasteiger partial charge < -0.3 is 5.11 Å². The molecule has 0 aliphatic heterocycles. The number of halogens is 1. The summed E-state index contributed by atoms with van der Waals surface area (Å²) in [6.45, 7) is 0. The summed E-state index contributed by atoms with van der Waals surface area (Å²) in [5, 5.41) is 18.9. The Kier molecular flexibility index (Phi) is 3.61. The van der Waals surface area contributed by atoms with Crippen molar-refractivity contribution in [3.05, 3.63) is 58.6 Å². The van der Waals surface area contributed by atoms with Crippen LogP contribution in [0.1, 0.15) is 11.1 Å². The highest BCUT2D eigenvalue weighted by Crippen LogP contribution is 2.21. The maximum Gasteiger partial charge on any atom is 0.124 e.